The first-order chi connectivity index (χ1) is 9.49. The van der Waals surface area contributed by atoms with Crippen molar-refractivity contribution in [3.63, 3.8) is 0 Å². The Morgan fingerprint density at radius 3 is 2.35 bits per heavy atom. The van der Waals surface area contributed by atoms with Gasteiger partial charge >= 0.3 is 5.97 Å². The molecular formula is C15H19NO4. The summed E-state index contributed by atoms with van der Waals surface area (Å²) in [6, 6.07) is 7.46. The van der Waals surface area contributed by atoms with Crippen molar-refractivity contribution in [1.29, 1.82) is 0 Å². The average molecular weight is 277 g/mol. The number of carboxylic acid groups (broad SMARTS) is 1. The number of benzene rings is 1. The summed E-state index contributed by atoms with van der Waals surface area (Å²) in [5.74, 6) is -0.533. The van der Waals surface area contributed by atoms with E-state index in [1.54, 1.807) is 7.05 Å². The number of hydrogen-bond acceptors (Lipinski definition) is 3. The van der Waals surface area contributed by atoms with E-state index in [1.807, 2.05) is 31.2 Å². The van der Waals surface area contributed by atoms with Gasteiger partial charge in [-0.05, 0) is 37.5 Å². The van der Waals surface area contributed by atoms with Gasteiger partial charge in [-0.2, -0.15) is 0 Å². The molecule has 1 saturated carbocycles. The smallest absolute Gasteiger partial charge is 0.319 e. The number of aliphatic carboxylic acids is 1. The molecule has 0 aromatic heterocycles. The number of carboxylic acids is 1. The fourth-order valence-corrected chi connectivity index (χ4v) is 2.21. The monoisotopic (exact) mass is 277 g/mol. The van der Waals surface area contributed by atoms with Gasteiger partial charge in [0.25, 0.3) is 0 Å². The predicted octanol–water partition coefficient (Wildman–Crippen LogP) is 1.91. The van der Waals surface area contributed by atoms with Crippen molar-refractivity contribution in [3.8, 4) is 5.75 Å². The first kappa shape index (κ1) is 14.4. The van der Waals surface area contributed by atoms with Crippen LogP contribution in [0.3, 0.4) is 0 Å². The lowest BCUT2D eigenvalue weighted by atomic mass is 10.1. The Labute approximate surface area is 118 Å². The Morgan fingerprint density at radius 1 is 1.30 bits per heavy atom. The summed E-state index contributed by atoms with van der Waals surface area (Å²) in [5.41, 5.74) is -0.217. The molecule has 20 heavy (non-hydrogen) atoms. The normalized spacial score (nSPS) is 15.5. The maximum Gasteiger partial charge on any atom is 0.319 e. The number of carbonyl (C=O) groups is 2. The highest BCUT2D eigenvalue weighted by Gasteiger charge is 2.58. The average Bonchev–Trinajstić information content (AvgIpc) is 3.22. The highest BCUT2D eigenvalue weighted by molar-refractivity contribution is 6.04. The van der Waals surface area contributed by atoms with Gasteiger partial charge in [0.2, 0.25) is 5.91 Å². The van der Waals surface area contributed by atoms with Crippen LogP contribution < -0.4 is 4.74 Å². The van der Waals surface area contributed by atoms with Gasteiger partial charge in [-0.1, -0.05) is 12.1 Å². The zero-order valence-corrected chi connectivity index (χ0v) is 11.8. The van der Waals surface area contributed by atoms with Crippen molar-refractivity contribution in [2.75, 3.05) is 13.7 Å². The molecule has 0 atom stereocenters. The second-order valence-corrected chi connectivity index (χ2v) is 5.13. The minimum absolute atomic E-state index is 0.307. The molecule has 1 N–H and O–H groups in total. The van der Waals surface area contributed by atoms with Crippen molar-refractivity contribution in [2.24, 2.45) is 5.41 Å². The molecule has 0 saturated heterocycles. The summed E-state index contributed by atoms with van der Waals surface area (Å²) in [6.07, 6.45) is 0.879. The van der Waals surface area contributed by atoms with E-state index in [0.717, 1.165) is 11.3 Å². The van der Waals surface area contributed by atoms with Crippen LogP contribution in [0.1, 0.15) is 25.3 Å². The van der Waals surface area contributed by atoms with Gasteiger partial charge in [-0.15, -0.1) is 0 Å². The quantitative estimate of drug-likeness (QED) is 0.807. The number of nitrogens with zero attached hydrogens (tertiary/aromatic N) is 1. The molecule has 1 aromatic carbocycles. The SMILES string of the molecule is CCOc1ccc(CN(C)C(=O)C2(C(=O)O)CC2)cc1. The van der Waals surface area contributed by atoms with Crippen LogP contribution in [-0.4, -0.2) is 35.5 Å². The van der Waals surface area contributed by atoms with E-state index in [2.05, 4.69) is 0 Å². The van der Waals surface area contributed by atoms with Crippen LogP contribution in [0.2, 0.25) is 0 Å². The number of ether oxygens (including phenoxy) is 1. The van der Waals surface area contributed by atoms with Gasteiger partial charge in [0.05, 0.1) is 6.61 Å². The highest BCUT2D eigenvalue weighted by atomic mass is 16.5. The lowest BCUT2D eigenvalue weighted by molar-refractivity contribution is -0.153. The third-order valence-corrected chi connectivity index (χ3v) is 3.57. The molecule has 0 heterocycles. The topological polar surface area (TPSA) is 66.8 Å². The van der Waals surface area contributed by atoms with Crippen LogP contribution in [0, 0.1) is 5.41 Å². The first-order valence-electron chi connectivity index (χ1n) is 6.70. The fraction of sp³-hybridized carbons (Fsp3) is 0.467. The molecule has 0 aliphatic heterocycles. The van der Waals surface area contributed by atoms with Gasteiger partial charge in [0, 0.05) is 13.6 Å². The Morgan fingerprint density at radius 2 is 1.90 bits per heavy atom. The van der Waals surface area contributed by atoms with E-state index in [0.29, 0.717) is 26.0 Å². The largest absolute Gasteiger partial charge is 0.494 e. The summed E-state index contributed by atoms with van der Waals surface area (Å²) >= 11 is 0. The summed E-state index contributed by atoms with van der Waals surface area (Å²) in [4.78, 5) is 24.8. The molecule has 1 amide bonds. The molecule has 0 unspecified atom stereocenters. The highest BCUT2D eigenvalue weighted by Crippen LogP contribution is 2.47. The van der Waals surface area contributed by atoms with E-state index in [-0.39, 0.29) is 5.91 Å². The maximum absolute atomic E-state index is 12.2. The van der Waals surface area contributed by atoms with E-state index in [1.165, 1.54) is 4.90 Å². The van der Waals surface area contributed by atoms with Crippen molar-refractivity contribution in [3.05, 3.63) is 29.8 Å². The summed E-state index contributed by atoms with van der Waals surface area (Å²) < 4.78 is 5.35. The molecule has 1 aliphatic rings. The number of amides is 1. The van der Waals surface area contributed by atoms with Crippen LogP contribution in [-0.2, 0) is 16.1 Å². The van der Waals surface area contributed by atoms with Crippen molar-refractivity contribution in [2.45, 2.75) is 26.3 Å². The second-order valence-electron chi connectivity index (χ2n) is 5.13. The molecule has 5 nitrogen and oxygen atoms in total. The Kier molecular flexibility index (Phi) is 3.97. The molecule has 1 aliphatic carbocycles. The first-order valence-corrected chi connectivity index (χ1v) is 6.70. The molecule has 2 rings (SSSR count). The van der Waals surface area contributed by atoms with Crippen molar-refractivity contribution < 1.29 is 19.4 Å². The predicted molar refractivity (Wildman–Crippen MR) is 73.4 cm³/mol. The van der Waals surface area contributed by atoms with Crippen LogP contribution >= 0.6 is 0 Å². The van der Waals surface area contributed by atoms with Crippen LogP contribution in [0.4, 0.5) is 0 Å². The zero-order chi connectivity index (χ0) is 14.8. The molecule has 0 spiro atoms. The van der Waals surface area contributed by atoms with E-state index >= 15 is 0 Å². The lowest BCUT2D eigenvalue weighted by Gasteiger charge is -2.21. The molecular weight excluding hydrogens is 258 g/mol. The summed E-state index contributed by atoms with van der Waals surface area (Å²) in [7, 11) is 1.64. The van der Waals surface area contributed by atoms with Crippen molar-refractivity contribution in [1.82, 2.24) is 4.90 Å². The number of rotatable bonds is 6. The fourth-order valence-electron chi connectivity index (χ4n) is 2.21. The minimum atomic E-state index is -1.17. The van der Waals surface area contributed by atoms with Gasteiger partial charge in [0.1, 0.15) is 11.2 Å². The maximum atomic E-state index is 12.2. The Bertz CT molecular complexity index is 505. The summed E-state index contributed by atoms with van der Waals surface area (Å²) in [5, 5.41) is 9.12. The number of hydrogen-bond donors (Lipinski definition) is 1. The van der Waals surface area contributed by atoms with E-state index in [9.17, 15) is 9.59 Å². The lowest BCUT2D eigenvalue weighted by Crippen LogP contribution is -2.38. The van der Waals surface area contributed by atoms with Gasteiger partial charge in [0.15, 0.2) is 0 Å². The van der Waals surface area contributed by atoms with Gasteiger partial charge < -0.3 is 14.7 Å². The third-order valence-electron chi connectivity index (χ3n) is 3.57. The molecule has 0 bridgehead atoms. The Hall–Kier alpha value is -2.04. The van der Waals surface area contributed by atoms with Crippen LogP contribution in [0.25, 0.3) is 0 Å². The molecule has 0 radical (unpaired) electrons. The third kappa shape index (κ3) is 2.76. The standard InChI is InChI=1S/C15H19NO4/c1-3-20-12-6-4-11(5-7-12)10-16(2)13(17)15(8-9-15)14(18)19/h4-7H,3,8-10H2,1-2H3,(H,18,19). The Balaban J connectivity index is 1.99. The van der Waals surface area contributed by atoms with Crippen LogP contribution in [0.5, 0.6) is 5.75 Å². The summed E-state index contributed by atoms with van der Waals surface area (Å²) in [6.45, 7) is 2.93. The van der Waals surface area contributed by atoms with Crippen molar-refractivity contribution >= 4 is 11.9 Å². The number of carbonyl (C=O) groups excluding carboxylic acids is 1. The van der Waals surface area contributed by atoms with Gasteiger partial charge in [-0.25, -0.2) is 0 Å². The molecule has 1 aromatic rings. The van der Waals surface area contributed by atoms with E-state index in [4.69, 9.17) is 9.84 Å². The molecule has 5 heteroatoms. The van der Waals surface area contributed by atoms with Gasteiger partial charge in [-0.3, -0.25) is 9.59 Å². The van der Waals surface area contributed by atoms with E-state index < -0.39 is 11.4 Å². The molecule has 108 valence electrons. The zero-order valence-electron chi connectivity index (χ0n) is 11.8. The second kappa shape index (κ2) is 5.53. The van der Waals surface area contributed by atoms with Crippen LogP contribution in [0.15, 0.2) is 24.3 Å². The molecule has 1 fully saturated rings. The minimum Gasteiger partial charge on any atom is -0.494 e.